The predicted molar refractivity (Wildman–Crippen MR) is 83.3 cm³/mol. The number of rotatable bonds is 4. The van der Waals surface area contributed by atoms with Gasteiger partial charge in [0, 0.05) is 26.2 Å². The standard InChI is InChI=1S/C16H23N3O3/c1-2-22-16(21)19-10-8-18(9-11-19)15(20)14(17)12-13-6-4-3-5-7-13/h3-7,14H,2,8-12,17H2,1H3/t14-/m0/s1. The molecule has 0 aliphatic carbocycles. The van der Waals surface area contributed by atoms with Crippen molar-refractivity contribution in [3.8, 4) is 0 Å². The number of hydrogen-bond donors (Lipinski definition) is 1. The van der Waals surface area contributed by atoms with Crippen LogP contribution in [0.25, 0.3) is 0 Å². The monoisotopic (exact) mass is 305 g/mol. The van der Waals surface area contributed by atoms with Crippen LogP contribution in [-0.2, 0) is 16.0 Å². The molecule has 0 aromatic heterocycles. The largest absolute Gasteiger partial charge is 0.450 e. The van der Waals surface area contributed by atoms with Gasteiger partial charge in [-0.15, -0.1) is 0 Å². The van der Waals surface area contributed by atoms with Crippen LogP contribution in [0.1, 0.15) is 12.5 Å². The lowest BCUT2D eigenvalue weighted by molar-refractivity contribution is -0.134. The Labute approximate surface area is 130 Å². The Morgan fingerprint density at radius 2 is 1.73 bits per heavy atom. The van der Waals surface area contributed by atoms with Crippen molar-refractivity contribution in [1.29, 1.82) is 0 Å². The molecular formula is C16H23N3O3. The molecule has 1 saturated heterocycles. The lowest BCUT2D eigenvalue weighted by atomic mass is 10.1. The summed E-state index contributed by atoms with van der Waals surface area (Å²) in [6, 6.07) is 9.19. The number of amides is 2. The predicted octanol–water partition coefficient (Wildman–Crippen LogP) is 0.857. The molecule has 1 fully saturated rings. The van der Waals surface area contributed by atoms with E-state index in [1.165, 1.54) is 0 Å². The molecule has 2 amide bonds. The van der Waals surface area contributed by atoms with Crippen molar-refractivity contribution in [1.82, 2.24) is 9.80 Å². The van der Waals surface area contributed by atoms with Gasteiger partial charge in [-0.25, -0.2) is 4.79 Å². The summed E-state index contributed by atoms with van der Waals surface area (Å²) in [5.41, 5.74) is 7.08. The molecular weight excluding hydrogens is 282 g/mol. The quantitative estimate of drug-likeness (QED) is 0.895. The van der Waals surface area contributed by atoms with Crippen LogP contribution >= 0.6 is 0 Å². The normalized spacial score (nSPS) is 16.3. The number of nitrogens with zero attached hydrogens (tertiary/aromatic N) is 2. The number of carbonyl (C=O) groups is 2. The molecule has 0 saturated carbocycles. The van der Waals surface area contributed by atoms with Crippen LogP contribution < -0.4 is 5.73 Å². The molecule has 2 N–H and O–H groups in total. The van der Waals surface area contributed by atoms with E-state index in [2.05, 4.69) is 0 Å². The van der Waals surface area contributed by atoms with Crippen LogP contribution in [0.3, 0.4) is 0 Å². The van der Waals surface area contributed by atoms with Gasteiger partial charge in [-0.2, -0.15) is 0 Å². The van der Waals surface area contributed by atoms with Gasteiger partial charge in [0.1, 0.15) is 0 Å². The van der Waals surface area contributed by atoms with Gasteiger partial charge >= 0.3 is 6.09 Å². The highest BCUT2D eigenvalue weighted by Crippen LogP contribution is 2.08. The molecule has 1 atom stereocenters. The summed E-state index contributed by atoms with van der Waals surface area (Å²) in [6.07, 6.45) is 0.209. The van der Waals surface area contributed by atoms with E-state index in [4.69, 9.17) is 10.5 Å². The zero-order valence-corrected chi connectivity index (χ0v) is 12.9. The highest BCUT2D eigenvalue weighted by molar-refractivity contribution is 5.82. The summed E-state index contributed by atoms with van der Waals surface area (Å²) in [6.45, 7) is 4.12. The molecule has 120 valence electrons. The maximum Gasteiger partial charge on any atom is 0.409 e. The Morgan fingerprint density at radius 1 is 1.14 bits per heavy atom. The van der Waals surface area contributed by atoms with E-state index in [0.29, 0.717) is 39.2 Å². The highest BCUT2D eigenvalue weighted by Gasteiger charge is 2.27. The molecule has 1 aliphatic rings. The number of carbonyl (C=O) groups excluding carboxylic acids is 2. The average Bonchev–Trinajstić information content (AvgIpc) is 2.55. The van der Waals surface area contributed by atoms with Gasteiger partial charge in [0.05, 0.1) is 12.6 Å². The van der Waals surface area contributed by atoms with E-state index in [9.17, 15) is 9.59 Å². The molecule has 0 radical (unpaired) electrons. The Morgan fingerprint density at radius 3 is 2.32 bits per heavy atom. The van der Waals surface area contributed by atoms with Crippen molar-refractivity contribution in [2.24, 2.45) is 5.73 Å². The second kappa shape index (κ2) is 7.79. The Kier molecular flexibility index (Phi) is 5.77. The van der Waals surface area contributed by atoms with Crippen LogP contribution in [0.5, 0.6) is 0 Å². The number of benzene rings is 1. The van der Waals surface area contributed by atoms with E-state index in [1.807, 2.05) is 30.3 Å². The van der Waals surface area contributed by atoms with E-state index in [-0.39, 0.29) is 12.0 Å². The number of ether oxygens (including phenoxy) is 1. The Bertz CT molecular complexity index is 499. The van der Waals surface area contributed by atoms with Gasteiger partial charge in [-0.05, 0) is 18.9 Å². The van der Waals surface area contributed by atoms with Gasteiger partial charge in [-0.1, -0.05) is 30.3 Å². The molecule has 0 bridgehead atoms. The second-order valence-corrected chi connectivity index (χ2v) is 5.31. The van der Waals surface area contributed by atoms with Crippen LogP contribution in [0.2, 0.25) is 0 Å². The average molecular weight is 305 g/mol. The van der Waals surface area contributed by atoms with Crippen LogP contribution in [-0.4, -0.2) is 60.6 Å². The van der Waals surface area contributed by atoms with Crippen molar-refractivity contribution < 1.29 is 14.3 Å². The zero-order valence-electron chi connectivity index (χ0n) is 12.9. The van der Waals surface area contributed by atoms with Gasteiger partial charge in [-0.3, -0.25) is 4.79 Å². The summed E-state index contributed by atoms with van der Waals surface area (Å²) >= 11 is 0. The van der Waals surface area contributed by atoms with Crippen LogP contribution in [0, 0.1) is 0 Å². The van der Waals surface area contributed by atoms with Crippen LogP contribution in [0.4, 0.5) is 4.79 Å². The maximum absolute atomic E-state index is 12.4. The summed E-state index contributed by atoms with van der Waals surface area (Å²) < 4.78 is 4.96. The van der Waals surface area contributed by atoms with Gasteiger partial charge in [0.25, 0.3) is 0 Å². The molecule has 2 rings (SSSR count). The Balaban J connectivity index is 1.83. The molecule has 22 heavy (non-hydrogen) atoms. The molecule has 0 spiro atoms. The third-order valence-electron chi connectivity index (χ3n) is 3.73. The fourth-order valence-corrected chi connectivity index (χ4v) is 2.51. The molecule has 6 nitrogen and oxygen atoms in total. The summed E-state index contributed by atoms with van der Waals surface area (Å²) in [5.74, 6) is -0.0626. The van der Waals surface area contributed by atoms with Crippen molar-refractivity contribution in [2.45, 2.75) is 19.4 Å². The highest BCUT2D eigenvalue weighted by atomic mass is 16.6. The molecule has 0 unspecified atom stereocenters. The zero-order chi connectivity index (χ0) is 15.9. The van der Waals surface area contributed by atoms with E-state index < -0.39 is 6.04 Å². The smallest absolute Gasteiger partial charge is 0.409 e. The first-order valence-corrected chi connectivity index (χ1v) is 7.61. The SMILES string of the molecule is CCOC(=O)N1CCN(C(=O)[C@@H](N)Cc2ccccc2)CC1. The molecule has 6 heteroatoms. The third kappa shape index (κ3) is 4.21. The summed E-state index contributed by atoms with van der Waals surface area (Å²) in [7, 11) is 0. The van der Waals surface area contributed by atoms with Crippen LogP contribution in [0.15, 0.2) is 30.3 Å². The minimum Gasteiger partial charge on any atom is -0.450 e. The van der Waals surface area contributed by atoms with Crippen molar-refractivity contribution in [2.75, 3.05) is 32.8 Å². The van der Waals surface area contributed by atoms with Gasteiger partial charge in [0.2, 0.25) is 5.91 Å². The van der Waals surface area contributed by atoms with Crippen molar-refractivity contribution in [3.63, 3.8) is 0 Å². The maximum atomic E-state index is 12.4. The second-order valence-electron chi connectivity index (χ2n) is 5.31. The lowest BCUT2D eigenvalue weighted by Gasteiger charge is -2.35. The number of hydrogen-bond acceptors (Lipinski definition) is 4. The first kappa shape index (κ1) is 16.3. The Hall–Kier alpha value is -2.08. The first-order chi connectivity index (χ1) is 10.6. The van der Waals surface area contributed by atoms with E-state index in [1.54, 1.807) is 16.7 Å². The fourth-order valence-electron chi connectivity index (χ4n) is 2.51. The molecule has 1 heterocycles. The van der Waals surface area contributed by atoms with Gasteiger partial charge in [0.15, 0.2) is 0 Å². The van der Waals surface area contributed by atoms with Crippen molar-refractivity contribution >= 4 is 12.0 Å². The minimum atomic E-state index is -0.545. The first-order valence-electron chi connectivity index (χ1n) is 7.61. The summed E-state index contributed by atoms with van der Waals surface area (Å²) in [4.78, 5) is 27.3. The number of piperazine rings is 1. The lowest BCUT2D eigenvalue weighted by Crippen LogP contribution is -2.54. The topological polar surface area (TPSA) is 75.9 Å². The van der Waals surface area contributed by atoms with Gasteiger partial charge < -0.3 is 20.3 Å². The fraction of sp³-hybridized carbons (Fsp3) is 0.500. The van der Waals surface area contributed by atoms with Crippen molar-refractivity contribution in [3.05, 3.63) is 35.9 Å². The molecule has 1 aromatic rings. The molecule has 1 aliphatic heterocycles. The molecule has 1 aromatic carbocycles. The van der Waals surface area contributed by atoms with E-state index >= 15 is 0 Å². The summed E-state index contributed by atoms with van der Waals surface area (Å²) in [5, 5.41) is 0. The third-order valence-corrected chi connectivity index (χ3v) is 3.73. The minimum absolute atomic E-state index is 0.0626. The number of nitrogens with two attached hydrogens (primary N) is 1. The van der Waals surface area contributed by atoms with E-state index in [0.717, 1.165) is 5.56 Å².